The zero-order valence-electron chi connectivity index (χ0n) is 15.7. The van der Waals surface area contributed by atoms with Crippen LogP contribution in [0.25, 0.3) is 16.6 Å². The molecule has 1 aromatic carbocycles. The number of aryl methyl sites for hydroxylation is 1. The zero-order valence-corrected chi connectivity index (χ0v) is 16.5. The lowest BCUT2D eigenvalue weighted by Gasteiger charge is -2.12. The first kappa shape index (κ1) is 18.7. The molecule has 1 N–H and O–H groups in total. The van der Waals surface area contributed by atoms with Crippen LogP contribution in [0.1, 0.15) is 27.9 Å². The largest absolute Gasteiger partial charge is 0.494 e. The predicted octanol–water partition coefficient (Wildman–Crippen LogP) is 3.81. The summed E-state index contributed by atoms with van der Waals surface area (Å²) in [6.45, 7) is 3.23. The molecule has 0 aliphatic carbocycles. The highest BCUT2D eigenvalue weighted by molar-refractivity contribution is 7.17. The summed E-state index contributed by atoms with van der Waals surface area (Å²) in [5.41, 5.74) is 0.600. The van der Waals surface area contributed by atoms with Gasteiger partial charge in [0.1, 0.15) is 5.82 Å². The number of rotatable bonds is 4. The van der Waals surface area contributed by atoms with Gasteiger partial charge >= 0.3 is 0 Å². The van der Waals surface area contributed by atoms with Crippen molar-refractivity contribution in [3.63, 3.8) is 0 Å². The predicted molar refractivity (Wildman–Crippen MR) is 113 cm³/mol. The molecule has 29 heavy (non-hydrogen) atoms. The van der Waals surface area contributed by atoms with E-state index in [1.54, 1.807) is 55.6 Å². The van der Waals surface area contributed by atoms with E-state index in [4.69, 9.17) is 0 Å². The number of carbonyl (C=O) groups is 1. The van der Waals surface area contributed by atoms with Crippen LogP contribution in [0.3, 0.4) is 0 Å². The molecular formula is C21H16N4O3S. The molecule has 3 heterocycles. The van der Waals surface area contributed by atoms with Crippen molar-refractivity contribution in [3.8, 4) is 11.7 Å². The minimum absolute atomic E-state index is 0.0709. The number of hydrogen-bond acceptors (Lipinski definition) is 7. The summed E-state index contributed by atoms with van der Waals surface area (Å²) in [5.74, 6) is -0.0333. The Bertz CT molecular complexity index is 1320. The van der Waals surface area contributed by atoms with Crippen LogP contribution in [0, 0.1) is 6.92 Å². The smallest absolute Gasteiger partial charge is 0.267 e. The second-order valence-electron chi connectivity index (χ2n) is 6.34. The van der Waals surface area contributed by atoms with Gasteiger partial charge in [-0.15, -0.1) is 0 Å². The lowest BCUT2D eigenvalue weighted by atomic mass is 10.1. The molecule has 8 heteroatoms. The van der Waals surface area contributed by atoms with Crippen LogP contribution < -0.4 is 5.56 Å². The van der Waals surface area contributed by atoms with Gasteiger partial charge in [0, 0.05) is 30.1 Å². The van der Waals surface area contributed by atoms with Crippen LogP contribution >= 0.6 is 11.3 Å². The quantitative estimate of drug-likeness (QED) is 0.412. The summed E-state index contributed by atoms with van der Waals surface area (Å²) in [7, 11) is 0. The molecule has 0 aliphatic heterocycles. The van der Waals surface area contributed by atoms with E-state index >= 15 is 0 Å². The maximum absolute atomic E-state index is 13.0. The first-order valence-electron chi connectivity index (χ1n) is 8.78. The van der Waals surface area contributed by atoms with E-state index in [0.29, 0.717) is 37.9 Å². The maximum Gasteiger partial charge on any atom is 0.267 e. The third-order valence-electron chi connectivity index (χ3n) is 4.39. The number of thiazole rings is 1. The van der Waals surface area contributed by atoms with E-state index in [-0.39, 0.29) is 17.2 Å². The standard InChI is InChI=1S/C21H16N4O3S/c1-12-18(13(2)26)29-21(24-12)23-11-16-14-7-3-4-8-15(14)19(27)25(20(16)28)17-9-5-6-10-22-17/h3-11,28H,1-2H3/b23-11+. The number of aliphatic imine (C=N–C) groups is 1. The van der Waals surface area contributed by atoms with Crippen LogP contribution in [0.4, 0.5) is 5.13 Å². The van der Waals surface area contributed by atoms with Gasteiger partial charge in [-0.2, -0.15) is 0 Å². The molecule has 0 aliphatic rings. The van der Waals surface area contributed by atoms with Crippen molar-refractivity contribution in [2.45, 2.75) is 13.8 Å². The van der Waals surface area contributed by atoms with Crippen molar-refractivity contribution in [3.05, 3.63) is 75.1 Å². The topological polar surface area (TPSA) is 97.4 Å². The molecule has 0 fully saturated rings. The van der Waals surface area contributed by atoms with E-state index in [2.05, 4.69) is 15.0 Å². The number of aromatic nitrogens is 3. The normalized spacial score (nSPS) is 11.4. The van der Waals surface area contributed by atoms with E-state index in [1.807, 2.05) is 0 Å². The van der Waals surface area contributed by atoms with Gasteiger partial charge in [-0.05, 0) is 25.1 Å². The van der Waals surface area contributed by atoms with Crippen LogP contribution in [0.2, 0.25) is 0 Å². The SMILES string of the molecule is CC(=O)c1sc(/N=C/c2c(O)n(-c3ccccn3)c(=O)c3ccccc23)nc1C. The Balaban J connectivity index is 1.93. The zero-order chi connectivity index (χ0) is 20.5. The number of fused-ring (bicyclic) bond motifs is 1. The highest BCUT2D eigenvalue weighted by atomic mass is 32.1. The molecule has 4 rings (SSSR count). The highest BCUT2D eigenvalue weighted by Crippen LogP contribution is 2.28. The Kier molecular flexibility index (Phi) is 4.77. The Hall–Kier alpha value is -3.65. The Morgan fingerprint density at radius 3 is 2.55 bits per heavy atom. The number of pyridine rings is 2. The van der Waals surface area contributed by atoms with Crippen molar-refractivity contribution in [2.24, 2.45) is 4.99 Å². The fourth-order valence-corrected chi connectivity index (χ4v) is 3.88. The van der Waals surface area contributed by atoms with Crippen LogP contribution in [0.5, 0.6) is 5.88 Å². The number of carbonyl (C=O) groups excluding carboxylic acids is 1. The fraction of sp³-hybridized carbons (Fsp3) is 0.0952. The molecule has 4 aromatic rings. The molecule has 0 unspecified atom stereocenters. The second-order valence-corrected chi connectivity index (χ2v) is 7.31. The van der Waals surface area contributed by atoms with E-state index in [9.17, 15) is 14.7 Å². The van der Waals surface area contributed by atoms with Gasteiger partial charge in [-0.25, -0.2) is 19.5 Å². The van der Waals surface area contributed by atoms with Crippen LogP contribution in [-0.4, -0.2) is 31.6 Å². The lowest BCUT2D eigenvalue weighted by Crippen LogP contribution is -2.20. The minimum atomic E-state index is -0.377. The number of ketones is 1. The average molecular weight is 404 g/mol. The summed E-state index contributed by atoms with van der Waals surface area (Å²) in [6, 6.07) is 12.1. The number of nitrogens with zero attached hydrogens (tertiary/aromatic N) is 4. The second kappa shape index (κ2) is 7.40. The number of hydrogen-bond donors (Lipinski definition) is 1. The van der Waals surface area contributed by atoms with Crippen molar-refractivity contribution in [1.29, 1.82) is 0 Å². The first-order valence-corrected chi connectivity index (χ1v) is 9.59. The molecule has 0 atom stereocenters. The third-order valence-corrected chi connectivity index (χ3v) is 5.56. The van der Waals surface area contributed by atoms with Crippen molar-refractivity contribution in [2.75, 3.05) is 0 Å². The summed E-state index contributed by atoms with van der Waals surface area (Å²) in [6.07, 6.45) is 3.00. The van der Waals surface area contributed by atoms with E-state index in [1.165, 1.54) is 24.5 Å². The highest BCUT2D eigenvalue weighted by Gasteiger charge is 2.17. The molecule has 0 saturated heterocycles. The maximum atomic E-state index is 13.0. The number of aromatic hydroxyl groups is 1. The van der Waals surface area contributed by atoms with Gasteiger partial charge in [0.2, 0.25) is 11.0 Å². The summed E-state index contributed by atoms with van der Waals surface area (Å²) in [4.78, 5) is 38.0. The summed E-state index contributed by atoms with van der Waals surface area (Å²) in [5, 5.41) is 12.3. The monoisotopic (exact) mass is 404 g/mol. The molecule has 7 nitrogen and oxygen atoms in total. The molecule has 3 aromatic heterocycles. The molecule has 0 bridgehead atoms. The first-order chi connectivity index (χ1) is 14.0. The average Bonchev–Trinajstić information content (AvgIpc) is 3.10. The Labute approximate surface area is 169 Å². The van der Waals surface area contributed by atoms with Gasteiger partial charge in [-0.1, -0.05) is 35.6 Å². The van der Waals surface area contributed by atoms with Crippen LogP contribution in [0.15, 0.2) is 58.4 Å². The fourth-order valence-electron chi connectivity index (χ4n) is 3.07. The van der Waals surface area contributed by atoms with E-state index in [0.717, 1.165) is 4.57 Å². The molecule has 0 amide bonds. The van der Waals surface area contributed by atoms with E-state index < -0.39 is 0 Å². The molecule has 0 radical (unpaired) electrons. The molecule has 0 spiro atoms. The van der Waals surface area contributed by atoms with Crippen molar-refractivity contribution >= 4 is 39.2 Å². The van der Waals surface area contributed by atoms with Crippen molar-refractivity contribution < 1.29 is 9.90 Å². The van der Waals surface area contributed by atoms with Gasteiger partial charge in [0.05, 0.1) is 16.1 Å². The Morgan fingerprint density at radius 1 is 1.17 bits per heavy atom. The molecule has 144 valence electrons. The number of benzene rings is 1. The minimum Gasteiger partial charge on any atom is -0.494 e. The molecule has 0 saturated carbocycles. The van der Waals surface area contributed by atoms with Gasteiger partial charge in [0.15, 0.2) is 5.78 Å². The van der Waals surface area contributed by atoms with Gasteiger partial charge in [0.25, 0.3) is 5.56 Å². The van der Waals surface area contributed by atoms with Gasteiger partial charge < -0.3 is 5.11 Å². The summed E-state index contributed by atoms with van der Waals surface area (Å²) < 4.78 is 1.15. The number of Topliss-reactive ketones (excluding diaryl/α,β-unsaturated/α-hetero) is 1. The van der Waals surface area contributed by atoms with Gasteiger partial charge in [-0.3, -0.25) is 9.59 Å². The lowest BCUT2D eigenvalue weighted by molar-refractivity contribution is 0.102. The third kappa shape index (κ3) is 3.34. The molecular weight excluding hydrogens is 388 g/mol. The Morgan fingerprint density at radius 2 is 1.90 bits per heavy atom. The van der Waals surface area contributed by atoms with Crippen LogP contribution in [-0.2, 0) is 0 Å². The van der Waals surface area contributed by atoms with Crippen molar-refractivity contribution in [1.82, 2.24) is 14.5 Å². The summed E-state index contributed by atoms with van der Waals surface area (Å²) >= 11 is 1.18.